The fourth-order valence-corrected chi connectivity index (χ4v) is 3.91. The van der Waals surface area contributed by atoms with Gasteiger partial charge in [-0.25, -0.2) is 22.6 Å². The van der Waals surface area contributed by atoms with Gasteiger partial charge in [-0.15, -0.1) is 5.10 Å². The van der Waals surface area contributed by atoms with Gasteiger partial charge in [0.25, 0.3) is 0 Å². The molecule has 1 heterocycles. The lowest BCUT2D eigenvalue weighted by atomic mass is 10.1. The molecule has 29 heavy (non-hydrogen) atoms. The molecule has 0 unspecified atom stereocenters. The highest BCUT2D eigenvalue weighted by Crippen LogP contribution is 2.19. The van der Waals surface area contributed by atoms with Crippen LogP contribution in [0.2, 0.25) is 0 Å². The van der Waals surface area contributed by atoms with E-state index in [1.807, 2.05) is 12.1 Å². The number of rotatable bonds is 7. The van der Waals surface area contributed by atoms with Crippen LogP contribution in [-0.4, -0.2) is 43.6 Å². The van der Waals surface area contributed by atoms with Crippen LogP contribution < -0.4 is 9.46 Å². The van der Waals surface area contributed by atoms with Gasteiger partial charge in [-0.1, -0.05) is 17.3 Å². The second kappa shape index (κ2) is 8.41. The van der Waals surface area contributed by atoms with E-state index in [0.29, 0.717) is 17.0 Å². The van der Waals surface area contributed by atoms with Crippen LogP contribution >= 0.6 is 0 Å². The van der Waals surface area contributed by atoms with Gasteiger partial charge in [0.2, 0.25) is 10.0 Å². The summed E-state index contributed by atoms with van der Waals surface area (Å²) in [5, 5.41) is 8.01. The first kappa shape index (κ1) is 20.5. The Morgan fingerprint density at radius 1 is 1.17 bits per heavy atom. The van der Waals surface area contributed by atoms with Crippen molar-refractivity contribution >= 4 is 16.0 Å². The van der Waals surface area contributed by atoms with Crippen molar-refractivity contribution in [3.8, 4) is 11.4 Å². The monoisotopic (exact) mass is 416 g/mol. The van der Waals surface area contributed by atoms with Gasteiger partial charge >= 0.3 is 5.97 Å². The highest BCUT2D eigenvalue weighted by atomic mass is 32.2. The maximum atomic E-state index is 12.7. The van der Waals surface area contributed by atoms with E-state index in [9.17, 15) is 13.2 Å². The molecular weight excluding hydrogens is 396 g/mol. The van der Waals surface area contributed by atoms with Crippen molar-refractivity contribution in [3.05, 3.63) is 65.5 Å². The first-order chi connectivity index (χ1) is 13.8. The zero-order chi connectivity index (χ0) is 21.0. The summed E-state index contributed by atoms with van der Waals surface area (Å²) in [6, 6.07) is 11.6. The van der Waals surface area contributed by atoms with Gasteiger partial charge in [0.1, 0.15) is 5.75 Å². The topological polar surface area (TPSA) is 112 Å². The van der Waals surface area contributed by atoms with Crippen molar-refractivity contribution < 1.29 is 22.7 Å². The van der Waals surface area contributed by atoms with Gasteiger partial charge in [0.15, 0.2) is 0 Å². The molecular formula is C19H20N4O5S. The van der Waals surface area contributed by atoms with Gasteiger partial charge in [0, 0.05) is 6.07 Å². The molecule has 9 nitrogen and oxygen atoms in total. The lowest BCUT2D eigenvalue weighted by Gasteiger charge is -2.10. The summed E-state index contributed by atoms with van der Waals surface area (Å²) in [4.78, 5) is 11.7. The molecule has 0 spiro atoms. The summed E-state index contributed by atoms with van der Waals surface area (Å²) in [5.41, 5.74) is 1.82. The number of ether oxygens (including phenoxy) is 2. The lowest BCUT2D eigenvalue weighted by molar-refractivity contribution is 0.0600. The fraction of sp³-hybridized carbons (Fsp3) is 0.211. The third-order valence-corrected chi connectivity index (χ3v) is 5.74. The maximum absolute atomic E-state index is 12.7. The van der Waals surface area contributed by atoms with E-state index < -0.39 is 16.0 Å². The first-order valence-corrected chi connectivity index (χ1v) is 10.1. The molecule has 3 aromatic rings. The average Bonchev–Trinajstić information content (AvgIpc) is 3.21. The number of nitrogens with one attached hydrogen (secondary N) is 1. The first-order valence-electron chi connectivity index (χ1n) is 8.58. The number of sulfonamides is 1. The van der Waals surface area contributed by atoms with Gasteiger partial charge < -0.3 is 9.47 Å². The van der Waals surface area contributed by atoms with E-state index in [-0.39, 0.29) is 17.0 Å². The molecule has 10 heteroatoms. The SMILES string of the molecule is COC(=O)c1ccc(C)c(S(=O)(=O)NCc2cn(-c3cccc(OC)c3)nn2)c1. The maximum Gasteiger partial charge on any atom is 0.337 e. The number of hydrogen-bond acceptors (Lipinski definition) is 7. The number of nitrogens with zero attached hydrogens (tertiary/aromatic N) is 3. The number of esters is 1. The Morgan fingerprint density at radius 2 is 1.97 bits per heavy atom. The molecule has 0 saturated heterocycles. The standard InChI is InChI=1S/C19H20N4O5S/c1-13-7-8-14(19(24)28-3)9-18(13)29(25,26)20-11-15-12-23(22-21-15)16-5-4-6-17(10-16)27-2/h4-10,12,20H,11H2,1-3H3. The quantitative estimate of drug-likeness (QED) is 0.585. The number of hydrogen-bond donors (Lipinski definition) is 1. The highest BCUT2D eigenvalue weighted by molar-refractivity contribution is 7.89. The van der Waals surface area contributed by atoms with Crippen LogP contribution in [0.25, 0.3) is 5.69 Å². The molecule has 0 atom stereocenters. The van der Waals surface area contributed by atoms with Crippen molar-refractivity contribution in [2.45, 2.75) is 18.4 Å². The highest BCUT2D eigenvalue weighted by Gasteiger charge is 2.20. The van der Waals surface area contributed by atoms with Crippen LogP contribution in [0.4, 0.5) is 0 Å². The average molecular weight is 416 g/mol. The minimum Gasteiger partial charge on any atom is -0.497 e. The molecule has 0 bridgehead atoms. The minimum absolute atomic E-state index is 0.000544. The molecule has 0 aliphatic rings. The molecule has 1 aromatic heterocycles. The van der Waals surface area contributed by atoms with E-state index in [1.165, 1.54) is 23.9 Å². The molecule has 0 aliphatic carbocycles. The molecule has 0 amide bonds. The molecule has 152 valence electrons. The zero-order valence-corrected chi connectivity index (χ0v) is 16.9. The molecule has 1 N–H and O–H groups in total. The largest absolute Gasteiger partial charge is 0.497 e. The second-order valence-corrected chi connectivity index (χ2v) is 7.89. The third kappa shape index (κ3) is 4.61. The Hall–Kier alpha value is -3.24. The van der Waals surface area contributed by atoms with E-state index in [1.54, 1.807) is 38.4 Å². The van der Waals surface area contributed by atoms with Crippen LogP contribution in [0, 0.1) is 6.92 Å². The van der Waals surface area contributed by atoms with Crippen molar-refractivity contribution in [2.24, 2.45) is 0 Å². The Balaban J connectivity index is 1.78. The van der Waals surface area contributed by atoms with Crippen LogP contribution in [-0.2, 0) is 21.3 Å². The molecule has 0 aliphatic heterocycles. The predicted octanol–water partition coefficient (Wildman–Crippen LogP) is 1.85. The summed E-state index contributed by atoms with van der Waals surface area (Å²) in [7, 11) is -1.07. The van der Waals surface area contributed by atoms with E-state index >= 15 is 0 Å². The second-order valence-electron chi connectivity index (χ2n) is 6.15. The number of methoxy groups -OCH3 is 2. The normalized spacial score (nSPS) is 11.3. The molecule has 0 radical (unpaired) electrons. The van der Waals surface area contributed by atoms with Gasteiger partial charge in [-0.2, -0.15) is 0 Å². The van der Waals surface area contributed by atoms with Crippen molar-refractivity contribution in [1.29, 1.82) is 0 Å². The molecule has 0 saturated carbocycles. The van der Waals surface area contributed by atoms with Crippen molar-refractivity contribution in [2.75, 3.05) is 14.2 Å². The van der Waals surface area contributed by atoms with E-state index in [4.69, 9.17) is 4.74 Å². The predicted molar refractivity (Wildman–Crippen MR) is 104 cm³/mol. The lowest BCUT2D eigenvalue weighted by Crippen LogP contribution is -2.24. The zero-order valence-electron chi connectivity index (χ0n) is 16.1. The van der Waals surface area contributed by atoms with Gasteiger partial charge in [-0.05, 0) is 36.8 Å². The van der Waals surface area contributed by atoms with Crippen LogP contribution in [0.5, 0.6) is 5.75 Å². The summed E-state index contributed by atoms with van der Waals surface area (Å²) in [6.45, 7) is 1.59. The Morgan fingerprint density at radius 3 is 2.69 bits per heavy atom. The third-order valence-electron chi connectivity index (χ3n) is 4.20. The molecule has 0 fully saturated rings. The minimum atomic E-state index is -3.87. The Bertz CT molecular complexity index is 1140. The summed E-state index contributed by atoms with van der Waals surface area (Å²) in [5.74, 6) is 0.0592. The summed E-state index contributed by atoms with van der Waals surface area (Å²) < 4.78 is 39.3. The summed E-state index contributed by atoms with van der Waals surface area (Å²) >= 11 is 0. The van der Waals surface area contributed by atoms with E-state index in [2.05, 4.69) is 19.8 Å². The smallest absolute Gasteiger partial charge is 0.337 e. The fourth-order valence-electron chi connectivity index (χ4n) is 2.64. The van der Waals surface area contributed by atoms with Crippen molar-refractivity contribution in [3.63, 3.8) is 0 Å². The Kier molecular flexibility index (Phi) is 5.95. The van der Waals surface area contributed by atoms with Crippen LogP contribution in [0.1, 0.15) is 21.6 Å². The number of carbonyl (C=O) groups is 1. The van der Waals surface area contributed by atoms with Crippen molar-refractivity contribution in [1.82, 2.24) is 19.7 Å². The Labute approximate surface area is 168 Å². The van der Waals surface area contributed by atoms with Crippen LogP contribution in [0.15, 0.2) is 53.6 Å². The van der Waals surface area contributed by atoms with Gasteiger partial charge in [0.05, 0.1) is 48.8 Å². The van der Waals surface area contributed by atoms with Gasteiger partial charge in [-0.3, -0.25) is 0 Å². The van der Waals surface area contributed by atoms with E-state index in [0.717, 1.165) is 5.69 Å². The summed E-state index contributed by atoms with van der Waals surface area (Å²) in [6.07, 6.45) is 1.62. The number of aryl methyl sites for hydroxylation is 1. The molecule has 2 aromatic carbocycles. The van der Waals surface area contributed by atoms with Crippen LogP contribution in [0.3, 0.4) is 0 Å². The number of carbonyl (C=O) groups excluding carboxylic acids is 1. The number of benzene rings is 2. The number of aromatic nitrogens is 3. The molecule has 3 rings (SSSR count).